The molecule has 0 aromatic heterocycles. The number of halogens is 2. The smallest absolute Gasteiger partial charge is 0.141 e. The first-order valence-corrected chi connectivity index (χ1v) is 5.01. The van der Waals surface area contributed by atoms with Crippen LogP contribution in [0.5, 0.6) is 0 Å². The van der Waals surface area contributed by atoms with Crippen LogP contribution in [0.15, 0.2) is 18.2 Å². The molecule has 1 fully saturated rings. The molecular weight excluding hydrogens is 203 g/mol. The minimum Gasteiger partial charge on any atom is -0.300 e. The number of hydrogen-bond acceptors (Lipinski definition) is 1. The van der Waals surface area contributed by atoms with E-state index in [1.165, 1.54) is 6.07 Å². The van der Waals surface area contributed by atoms with Gasteiger partial charge in [0, 0.05) is 12.8 Å². The molecule has 0 aliphatic heterocycles. The highest BCUT2D eigenvalue weighted by Crippen LogP contribution is 2.33. The monoisotopic (exact) mass is 212 g/mol. The van der Waals surface area contributed by atoms with Gasteiger partial charge in [-0.1, -0.05) is 17.7 Å². The molecule has 3 heteroatoms. The van der Waals surface area contributed by atoms with Crippen LogP contribution in [0.25, 0.3) is 0 Å². The summed E-state index contributed by atoms with van der Waals surface area (Å²) in [5.41, 5.74) is 0.974. The van der Waals surface area contributed by atoms with Gasteiger partial charge in [0.15, 0.2) is 0 Å². The van der Waals surface area contributed by atoms with Crippen LogP contribution in [0.3, 0.4) is 0 Å². The fourth-order valence-electron chi connectivity index (χ4n) is 1.86. The zero-order valence-electron chi connectivity index (χ0n) is 7.59. The Morgan fingerprint density at radius 2 is 2.21 bits per heavy atom. The van der Waals surface area contributed by atoms with Crippen molar-refractivity contribution in [1.29, 1.82) is 0 Å². The summed E-state index contributed by atoms with van der Waals surface area (Å²) in [6, 6.07) is 4.70. The first kappa shape index (κ1) is 9.66. The summed E-state index contributed by atoms with van der Waals surface area (Å²) in [5.74, 6) is 0.121. The van der Waals surface area contributed by atoms with Crippen molar-refractivity contribution in [2.24, 2.45) is 0 Å². The number of rotatable bonds is 1. The van der Waals surface area contributed by atoms with E-state index in [9.17, 15) is 9.18 Å². The van der Waals surface area contributed by atoms with Crippen molar-refractivity contribution in [3.8, 4) is 0 Å². The fourth-order valence-corrected chi connectivity index (χ4v) is 2.05. The fraction of sp³-hybridized carbons (Fsp3) is 0.364. The molecule has 0 bridgehead atoms. The van der Waals surface area contributed by atoms with Gasteiger partial charge in [-0.05, 0) is 30.0 Å². The zero-order valence-corrected chi connectivity index (χ0v) is 8.35. The lowest BCUT2D eigenvalue weighted by atomic mass is 9.98. The molecule has 74 valence electrons. The molecule has 1 aromatic rings. The third-order valence-electron chi connectivity index (χ3n) is 2.66. The molecule has 0 N–H and O–H groups in total. The molecule has 14 heavy (non-hydrogen) atoms. The number of ketones is 1. The van der Waals surface area contributed by atoms with E-state index in [0.717, 1.165) is 12.0 Å². The molecule has 0 saturated heterocycles. The largest absolute Gasteiger partial charge is 0.300 e. The number of Topliss-reactive ketones (excluding diaryl/α,β-unsaturated/α-hetero) is 1. The van der Waals surface area contributed by atoms with Crippen molar-refractivity contribution in [3.63, 3.8) is 0 Å². The van der Waals surface area contributed by atoms with Crippen molar-refractivity contribution in [2.75, 3.05) is 0 Å². The van der Waals surface area contributed by atoms with E-state index < -0.39 is 5.82 Å². The van der Waals surface area contributed by atoms with Crippen LogP contribution in [-0.4, -0.2) is 5.78 Å². The van der Waals surface area contributed by atoms with Crippen LogP contribution in [0.1, 0.15) is 30.7 Å². The third kappa shape index (κ3) is 1.80. The highest BCUT2D eigenvalue weighted by molar-refractivity contribution is 6.30. The Morgan fingerprint density at radius 1 is 1.43 bits per heavy atom. The van der Waals surface area contributed by atoms with Crippen molar-refractivity contribution in [2.45, 2.75) is 25.2 Å². The van der Waals surface area contributed by atoms with Gasteiger partial charge in [-0.3, -0.25) is 4.79 Å². The van der Waals surface area contributed by atoms with Crippen LogP contribution in [0, 0.1) is 5.82 Å². The van der Waals surface area contributed by atoms with Crippen LogP contribution in [-0.2, 0) is 4.79 Å². The molecule has 0 unspecified atom stereocenters. The number of hydrogen-bond donors (Lipinski definition) is 0. The average Bonchev–Trinajstić information content (AvgIpc) is 2.57. The van der Waals surface area contributed by atoms with Crippen LogP contribution in [0.2, 0.25) is 5.02 Å². The van der Waals surface area contributed by atoms with Crippen molar-refractivity contribution < 1.29 is 9.18 Å². The molecule has 0 radical (unpaired) electrons. The Balaban J connectivity index is 2.24. The van der Waals surface area contributed by atoms with Gasteiger partial charge in [0.05, 0.1) is 5.02 Å². The van der Waals surface area contributed by atoms with Gasteiger partial charge in [0.1, 0.15) is 11.6 Å². The molecule has 0 heterocycles. The minimum absolute atomic E-state index is 0.141. The van der Waals surface area contributed by atoms with Crippen LogP contribution >= 0.6 is 11.6 Å². The second-order valence-electron chi connectivity index (χ2n) is 3.65. The average molecular weight is 213 g/mol. The maximum absolute atomic E-state index is 12.9. The van der Waals surface area contributed by atoms with Gasteiger partial charge in [-0.15, -0.1) is 0 Å². The summed E-state index contributed by atoms with van der Waals surface area (Å²) >= 11 is 5.67. The van der Waals surface area contributed by atoms with E-state index >= 15 is 0 Å². The van der Waals surface area contributed by atoms with E-state index in [4.69, 9.17) is 11.6 Å². The topological polar surface area (TPSA) is 17.1 Å². The maximum Gasteiger partial charge on any atom is 0.141 e. The van der Waals surface area contributed by atoms with Crippen LogP contribution in [0.4, 0.5) is 4.39 Å². The predicted molar refractivity (Wildman–Crippen MR) is 53.0 cm³/mol. The lowest BCUT2D eigenvalue weighted by Crippen LogP contribution is -1.94. The van der Waals surface area contributed by atoms with Gasteiger partial charge >= 0.3 is 0 Å². The Bertz CT molecular complexity index is 376. The van der Waals surface area contributed by atoms with Crippen molar-refractivity contribution in [1.82, 2.24) is 0 Å². The van der Waals surface area contributed by atoms with E-state index in [1.807, 2.05) is 0 Å². The SMILES string of the molecule is O=C1CC[C@@H](c2ccc(F)c(Cl)c2)C1. The second kappa shape index (κ2) is 3.70. The minimum atomic E-state index is -0.403. The summed E-state index contributed by atoms with van der Waals surface area (Å²) in [4.78, 5) is 11.1. The van der Waals surface area contributed by atoms with E-state index in [-0.39, 0.29) is 16.7 Å². The Labute approximate surface area is 86.9 Å². The normalized spacial score (nSPS) is 21.6. The van der Waals surface area contributed by atoms with Gasteiger partial charge in [-0.2, -0.15) is 0 Å². The highest BCUT2D eigenvalue weighted by atomic mass is 35.5. The molecule has 1 aromatic carbocycles. The number of benzene rings is 1. The van der Waals surface area contributed by atoms with Crippen molar-refractivity contribution in [3.05, 3.63) is 34.6 Å². The second-order valence-corrected chi connectivity index (χ2v) is 4.06. The standard InChI is InChI=1S/C11H10ClFO/c12-10-6-8(2-4-11(10)13)7-1-3-9(14)5-7/h2,4,6-7H,1,3,5H2/t7-/m1/s1. The summed E-state index contributed by atoms with van der Waals surface area (Å²) in [6.07, 6.45) is 2.07. The molecule has 1 saturated carbocycles. The molecule has 0 amide bonds. The summed E-state index contributed by atoms with van der Waals surface area (Å²) < 4.78 is 12.9. The summed E-state index contributed by atoms with van der Waals surface area (Å²) in [6.45, 7) is 0. The molecular formula is C11H10ClFO. The first-order valence-electron chi connectivity index (χ1n) is 4.63. The lowest BCUT2D eigenvalue weighted by molar-refractivity contribution is -0.117. The zero-order chi connectivity index (χ0) is 10.1. The molecule has 1 aliphatic carbocycles. The predicted octanol–water partition coefficient (Wildman–Crippen LogP) is 3.32. The molecule has 1 nitrogen and oxygen atoms in total. The Kier molecular flexibility index (Phi) is 2.55. The molecule has 0 spiro atoms. The van der Waals surface area contributed by atoms with E-state index in [0.29, 0.717) is 12.8 Å². The lowest BCUT2D eigenvalue weighted by Gasteiger charge is -2.08. The highest BCUT2D eigenvalue weighted by Gasteiger charge is 2.23. The van der Waals surface area contributed by atoms with Crippen LogP contribution < -0.4 is 0 Å². The van der Waals surface area contributed by atoms with E-state index in [1.54, 1.807) is 12.1 Å². The van der Waals surface area contributed by atoms with E-state index in [2.05, 4.69) is 0 Å². The third-order valence-corrected chi connectivity index (χ3v) is 2.95. The Morgan fingerprint density at radius 3 is 2.79 bits per heavy atom. The maximum atomic E-state index is 12.9. The molecule has 1 atom stereocenters. The van der Waals surface area contributed by atoms with Crippen molar-refractivity contribution >= 4 is 17.4 Å². The summed E-state index contributed by atoms with van der Waals surface area (Å²) in [7, 11) is 0. The van der Waals surface area contributed by atoms with Gasteiger partial charge < -0.3 is 0 Å². The van der Waals surface area contributed by atoms with Gasteiger partial charge in [-0.25, -0.2) is 4.39 Å². The van der Waals surface area contributed by atoms with Gasteiger partial charge in [0.25, 0.3) is 0 Å². The summed E-state index contributed by atoms with van der Waals surface area (Å²) in [5, 5.41) is 0.141. The quantitative estimate of drug-likeness (QED) is 0.698. The first-order chi connectivity index (χ1) is 6.66. The molecule has 1 aliphatic rings. The Hall–Kier alpha value is -0.890. The number of carbonyl (C=O) groups excluding carboxylic acids is 1. The van der Waals surface area contributed by atoms with Gasteiger partial charge in [0.2, 0.25) is 0 Å². The molecule has 2 rings (SSSR count). The number of carbonyl (C=O) groups is 1.